The number of esters is 4. The standard InChI is InChI=1S/C53H63NO13Si/c1-31-37(64-48(60)42(67-68(10,11)49(4,5)6)40(34-21-15-12-16-22-34)54-46(58)35-23-17-13-18-24-35)29-53(61)45(65-47(59)36-25-19-14-20-26-36)43-51(9,28-27-38-52(43,30-62-38)66-33(3)56)44(57)41(63-32(2)55)39(31)50(53,7)8/h12-28,37-38,40-43,45,61H,29-30H2,1-11H3,(H,54,58)/t37-,38+,40-,41+,42+,43-,45-,51+,52-,53+/m0/s1/i13D,17D,18D,23D,24D. The Bertz CT molecular complexity index is 2790. The van der Waals surface area contributed by atoms with Gasteiger partial charge in [-0.25, -0.2) is 9.59 Å². The highest BCUT2D eigenvalue weighted by Gasteiger charge is 2.75. The van der Waals surface area contributed by atoms with Gasteiger partial charge < -0.3 is 38.5 Å². The van der Waals surface area contributed by atoms with Gasteiger partial charge in [0.05, 0.1) is 36.4 Å². The van der Waals surface area contributed by atoms with Gasteiger partial charge in [-0.1, -0.05) is 113 Å². The number of benzene rings is 3. The Kier molecular flexibility index (Phi) is 11.7. The smallest absolute Gasteiger partial charge is 0.338 e. The molecule has 1 heterocycles. The van der Waals surface area contributed by atoms with Gasteiger partial charge in [-0.05, 0) is 72.9 Å². The molecular weight excluding hydrogens is 887 g/mol. The van der Waals surface area contributed by atoms with E-state index in [1.165, 1.54) is 32.1 Å². The van der Waals surface area contributed by atoms with Gasteiger partial charge in [-0.15, -0.1) is 0 Å². The highest BCUT2D eigenvalue weighted by atomic mass is 28.4. The number of carbonyl (C=O) groups excluding carboxylic acids is 6. The minimum absolute atomic E-state index is 0.0394. The van der Waals surface area contributed by atoms with Crippen LogP contribution < -0.4 is 5.32 Å². The van der Waals surface area contributed by atoms with Gasteiger partial charge >= 0.3 is 23.9 Å². The van der Waals surface area contributed by atoms with E-state index in [1.807, 2.05) is 33.9 Å². The molecule has 1 aliphatic heterocycles. The van der Waals surface area contributed by atoms with Gasteiger partial charge in [-0.3, -0.25) is 19.2 Å². The summed E-state index contributed by atoms with van der Waals surface area (Å²) in [7, 11) is -3.11. The summed E-state index contributed by atoms with van der Waals surface area (Å²) >= 11 is 0. The van der Waals surface area contributed by atoms with Gasteiger partial charge in [0.2, 0.25) is 0 Å². The van der Waals surface area contributed by atoms with Crippen molar-refractivity contribution in [1.82, 2.24) is 5.32 Å². The fourth-order valence-corrected chi connectivity index (χ4v) is 11.3. The second-order valence-corrected chi connectivity index (χ2v) is 25.1. The number of ether oxygens (including phenoxy) is 5. The van der Waals surface area contributed by atoms with Crippen LogP contribution in [0.25, 0.3) is 0 Å². The molecule has 362 valence electrons. The molecule has 0 radical (unpaired) electrons. The topological polar surface area (TPSA) is 190 Å². The number of ketones is 1. The Morgan fingerprint density at radius 2 is 1.50 bits per heavy atom. The maximum atomic E-state index is 15.7. The minimum Gasteiger partial charge on any atom is -0.456 e. The Balaban J connectivity index is 1.44. The largest absolute Gasteiger partial charge is 0.456 e. The zero-order chi connectivity index (χ0) is 54.1. The molecule has 14 nitrogen and oxygen atoms in total. The van der Waals surface area contributed by atoms with Crippen molar-refractivity contribution in [3.63, 3.8) is 0 Å². The number of carbonyl (C=O) groups is 6. The van der Waals surface area contributed by atoms with E-state index in [0.717, 1.165) is 6.92 Å². The number of allylic oxidation sites excluding steroid dienone is 1. The number of amides is 1. The van der Waals surface area contributed by atoms with Gasteiger partial charge in [0, 0.05) is 31.2 Å². The summed E-state index contributed by atoms with van der Waals surface area (Å²) in [6.07, 6.45) is -5.22. The molecule has 1 saturated heterocycles. The predicted molar refractivity (Wildman–Crippen MR) is 252 cm³/mol. The first-order chi connectivity index (χ1) is 33.9. The molecule has 3 aromatic carbocycles. The molecule has 10 atom stereocenters. The monoisotopic (exact) mass is 954 g/mol. The first-order valence-electron chi connectivity index (χ1n) is 25.1. The van der Waals surface area contributed by atoms with Crippen molar-refractivity contribution in [2.45, 2.75) is 135 Å². The second kappa shape index (κ2) is 18.3. The number of hydrogen-bond donors (Lipinski definition) is 2. The molecule has 2 fully saturated rings. The highest BCUT2D eigenvalue weighted by molar-refractivity contribution is 6.74. The van der Waals surface area contributed by atoms with Crippen LogP contribution in [-0.4, -0.2) is 97.3 Å². The van der Waals surface area contributed by atoms with Crippen LogP contribution in [0.4, 0.5) is 0 Å². The van der Waals surface area contributed by atoms with Crippen molar-refractivity contribution in [3.05, 3.63) is 131 Å². The lowest BCUT2D eigenvalue weighted by molar-refractivity contribution is -0.306. The number of fused-ring (bicyclic) bond motifs is 5. The third-order valence-corrected chi connectivity index (χ3v) is 19.2. The van der Waals surface area contributed by atoms with Crippen molar-refractivity contribution < 1.29 is 68.8 Å². The molecule has 0 spiro atoms. The number of rotatable bonds is 12. The highest BCUT2D eigenvalue weighted by Crippen LogP contribution is 2.63. The van der Waals surface area contributed by atoms with Crippen LogP contribution in [0.3, 0.4) is 0 Å². The fourth-order valence-electron chi connectivity index (χ4n) is 10.1. The molecule has 1 amide bonds. The SMILES string of the molecule is [2H]c1c([2H])c([2H])c(C(=O)N[C@@H](c2ccccc2)[C@@H](O[Si](C)(C)C(C)(C)C)C(=O)O[C@H]2C[C@@]3(O)[C@@H](OC(=O)c4ccccc4)[C@@H]4[C@]5(OC(C)=O)CO[C@@H]5C=C[C@@]4(C)C(=O)[C@H](OC(C)=O)C(=C2C)C3(C)C)c([2H])c1[2H]. The van der Waals surface area contributed by atoms with Crippen LogP contribution in [0.1, 0.15) is 108 Å². The van der Waals surface area contributed by atoms with Crippen LogP contribution in [0, 0.1) is 16.7 Å². The zero-order valence-electron chi connectivity index (χ0n) is 45.2. The van der Waals surface area contributed by atoms with Crippen molar-refractivity contribution in [2.75, 3.05) is 6.61 Å². The Labute approximate surface area is 405 Å². The van der Waals surface area contributed by atoms with E-state index < -0.39 is 156 Å². The van der Waals surface area contributed by atoms with Crippen molar-refractivity contribution >= 4 is 43.9 Å². The maximum absolute atomic E-state index is 15.7. The van der Waals surface area contributed by atoms with E-state index in [2.05, 4.69) is 5.32 Å². The fraction of sp³-hybridized carbons (Fsp3) is 0.472. The molecule has 3 aromatic rings. The Morgan fingerprint density at radius 1 is 0.882 bits per heavy atom. The molecule has 1 saturated carbocycles. The van der Waals surface area contributed by atoms with Gasteiger partial charge in [-0.2, -0.15) is 0 Å². The molecule has 2 N–H and O–H groups in total. The van der Waals surface area contributed by atoms with Gasteiger partial charge in [0.15, 0.2) is 31.9 Å². The molecule has 4 aliphatic rings. The molecule has 68 heavy (non-hydrogen) atoms. The molecule has 0 aromatic heterocycles. The molecule has 3 aliphatic carbocycles. The lowest BCUT2D eigenvalue weighted by Gasteiger charge is -2.65. The van der Waals surface area contributed by atoms with E-state index >= 15 is 9.59 Å². The number of nitrogens with one attached hydrogen (secondary N) is 1. The number of hydrogen-bond acceptors (Lipinski definition) is 13. The van der Waals surface area contributed by atoms with Crippen molar-refractivity contribution in [3.8, 4) is 0 Å². The molecule has 0 unspecified atom stereocenters. The molecular formula is C53H63NO13Si. The summed E-state index contributed by atoms with van der Waals surface area (Å²) in [6.45, 7) is 17.8. The Hall–Kier alpha value is -5.74. The summed E-state index contributed by atoms with van der Waals surface area (Å²) in [5.74, 6) is -6.90. The average Bonchev–Trinajstić information content (AvgIpc) is 3.30. The molecule has 2 bridgehead atoms. The third-order valence-electron chi connectivity index (χ3n) is 14.8. The van der Waals surface area contributed by atoms with Crippen molar-refractivity contribution in [2.24, 2.45) is 16.7 Å². The van der Waals surface area contributed by atoms with Crippen molar-refractivity contribution in [1.29, 1.82) is 0 Å². The summed E-state index contributed by atoms with van der Waals surface area (Å²) in [5, 5.41) is 16.2. The van der Waals surface area contributed by atoms with E-state index in [1.54, 1.807) is 75.4 Å². The summed E-state index contributed by atoms with van der Waals surface area (Å²) in [6, 6.07) is 10.9. The average molecular weight is 955 g/mol. The second-order valence-electron chi connectivity index (χ2n) is 20.4. The third kappa shape index (κ3) is 8.78. The van der Waals surface area contributed by atoms with E-state index in [4.69, 9.17) is 35.0 Å². The Morgan fingerprint density at radius 3 is 2.06 bits per heavy atom. The van der Waals surface area contributed by atoms with Gasteiger partial charge in [0.25, 0.3) is 5.91 Å². The quantitative estimate of drug-likeness (QED) is 0.0784. The summed E-state index contributed by atoms with van der Waals surface area (Å²) < 4.78 is 79.9. The first-order valence-corrected chi connectivity index (χ1v) is 25.5. The van der Waals surface area contributed by atoms with E-state index in [-0.39, 0.29) is 23.3 Å². The van der Waals surface area contributed by atoms with Crippen LogP contribution in [0.5, 0.6) is 0 Å². The van der Waals surface area contributed by atoms with Crippen LogP contribution in [0.2, 0.25) is 18.1 Å². The van der Waals surface area contributed by atoms with Crippen LogP contribution in [0.15, 0.2) is 114 Å². The predicted octanol–water partition coefficient (Wildman–Crippen LogP) is 7.57. The summed E-state index contributed by atoms with van der Waals surface area (Å²) in [5.41, 5.74) is -7.66. The first kappa shape index (κ1) is 43.5. The molecule has 15 heteroatoms. The normalized spacial score (nSPS) is 30.3. The van der Waals surface area contributed by atoms with Gasteiger partial charge in [0.1, 0.15) is 23.9 Å². The number of Topliss-reactive ketones (excluding diaryl/α,β-unsaturated/α-hetero) is 1. The van der Waals surface area contributed by atoms with E-state index in [0.29, 0.717) is 5.56 Å². The summed E-state index contributed by atoms with van der Waals surface area (Å²) in [4.78, 5) is 86.6. The molecule has 7 rings (SSSR count). The van der Waals surface area contributed by atoms with Crippen LogP contribution >= 0.6 is 0 Å². The minimum atomic E-state index is -3.11. The number of aliphatic hydroxyl groups is 1. The zero-order valence-corrected chi connectivity index (χ0v) is 41.2. The lowest BCUT2D eigenvalue weighted by Crippen LogP contribution is -2.78. The lowest BCUT2D eigenvalue weighted by atomic mass is 9.46. The maximum Gasteiger partial charge on any atom is 0.338 e. The van der Waals surface area contributed by atoms with E-state index in [9.17, 15) is 24.3 Å². The van der Waals surface area contributed by atoms with Crippen LogP contribution in [-0.2, 0) is 47.3 Å².